The van der Waals surface area contributed by atoms with Gasteiger partial charge in [0.05, 0.1) is 32.7 Å². The van der Waals surface area contributed by atoms with Crippen LogP contribution in [0.2, 0.25) is 20.1 Å². The lowest BCUT2D eigenvalue weighted by molar-refractivity contribution is -0.137. The fraction of sp³-hybridized carbons (Fsp3) is 0.0690. The van der Waals surface area contributed by atoms with Crippen LogP contribution in [0.25, 0.3) is 22.3 Å². The monoisotopic (exact) mass is 635 g/mol. The van der Waals surface area contributed by atoms with E-state index < -0.39 is 17.3 Å². The zero-order valence-corrected chi connectivity index (χ0v) is 23.6. The van der Waals surface area contributed by atoms with Crippen molar-refractivity contribution in [3.05, 3.63) is 126 Å². The number of alkyl halides is 3. The summed E-state index contributed by atoms with van der Waals surface area (Å²) < 4.78 is 47.0. The molecular weight excluding hydrogens is 621 g/mol. The van der Waals surface area contributed by atoms with Crippen molar-refractivity contribution in [3.63, 3.8) is 0 Å². The van der Waals surface area contributed by atoms with Gasteiger partial charge < -0.3 is 4.74 Å². The molecule has 0 amide bonds. The molecule has 0 atom stereocenters. The molecule has 0 aliphatic rings. The van der Waals surface area contributed by atoms with E-state index in [-0.39, 0.29) is 39.2 Å². The molecule has 0 bridgehead atoms. The maximum absolute atomic E-state index is 13.4. The van der Waals surface area contributed by atoms with Crippen LogP contribution in [0.1, 0.15) is 16.7 Å². The maximum Gasteiger partial charge on any atom is 0.416 e. The van der Waals surface area contributed by atoms with Crippen LogP contribution in [0.3, 0.4) is 0 Å². The number of fused-ring (bicyclic) bond motifs is 1. The highest BCUT2D eigenvalue weighted by molar-refractivity contribution is 6.37. The summed E-state index contributed by atoms with van der Waals surface area (Å²) in [5, 5.41) is 5.72. The van der Waals surface area contributed by atoms with Gasteiger partial charge in [-0.3, -0.25) is 4.79 Å². The number of benzene rings is 4. The summed E-state index contributed by atoms with van der Waals surface area (Å²) >= 11 is 25.0. The predicted molar refractivity (Wildman–Crippen MR) is 157 cm³/mol. The lowest BCUT2D eigenvalue weighted by Crippen LogP contribution is -2.20. The fourth-order valence-electron chi connectivity index (χ4n) is 3.96. The molecule has 0 aliphatic heterocycles. The summed E-state index contributed by atoms with van der Waals surface area (Å²) in [7, 11) is 0. The van der Waals surface area contributed by atoms with Crippen molar-refractivity contribution in [2.24, 2.45) is 5.10 Å². The first-order chi connectivity index (χ1) is 19.5. The molecule has 41 heavy (non-hydrogen) atoms. The van der Waals surface area contributed by atoms with E-state index in [1.54, 1.807) is 42.5 Å². The van der Waals surface area contributed by atoms with E-state index in [0.717, 1.165) is 16.8 Å². The highest BCUT2D eigenvalue weighted by atomic mass is 35.5. The van der Waals surface area contributed by atoms with Gasteiger partial charge in [-0.2, -0.15) is 22.9 Å². The molecule has 0 fully saturated rings. The van der Waals surface area contributed by atoms with Gasteiger partial charge in [-0.05, 0) is 54.1 Å². The summed E-state index contributed by atoms with van der Waals surface area (Å²) in [6, 6.07) is 19.0. The van der Waals surface area contributed by atoms with Crippen LogP contribution in [-0.4, -0.2) is 15.9 Å². The standard InChI is InChI=1S/C29H16Cl4F3N3O2/c30-20-9-8-18(22(31)13-20)15-41-26-23(32)10-16(11-24(26)33)14-37-39-27(17-4-3-5-19(12-17)29(34,35)36)38-25-7-2-1-6-21(25)28(39)40/h1-14H,15H2. The second-order valence-electron chi connectivity index (χ2n) is 8.73. The van der Waals surface area contributed by atoms with Gasteiger partial charge in [0.2, 0.25) is 0 Å². The second-order valence-corrected chi connectivity index (χ2v) is 10.4. The van der Waals surface area contributed by atoms with Crippen LogP contribution >= 0.6 is 46.4 Å². The van der Waals surface area contributed by atoms with Crippen LogP contribution in [0.15, 0.2) is 88.8 Å². The van der Waals surface area contributed by atoms with Crippen LogP contribution < -0.4 is 10.3 Å². The van der Waals surface area contributed by atoms with Gasteiger partial charge in [0.1, 0.15) is 6.61 Å². The van der Waals surface area contributed by atoms with E-state index in [1.807, 2.05) is 0 Å². The molecule has 0 spiro atoms. The van der Waals surface area contributed by atoms with Crippen LogP contribution in [-0.2, 0) is 12.8 Å². The summed E-state index contributed by atoms with van der Waals surface area (Å²) in [6.45, 7) is 0.0708. The molecule has 0 N–H and O–H groups in total. The molecule has 0 unspecified atom stereocenters. The van der Waals surface area contributed by atoms with Gasteiger partial charge in [-0.1, -0.05) is 76.7 Å². The molecule has 208 valence electrons. The number of nitrogens with zero attached hydrogens (tertiary/aromatic N) is 3. The van der Waals surface area contributed by atoms with Crippen molar-refractivity contribution in [1.82, 2.24) is 9.66 Å². The van der Waals surface area contributed by atoms with Crippen molar-refractivity contribution < 1.29 is 17.9 Å². The Morgan fingerprint density at radius 1 is 0.878 bits per heavy atom. The van der Waals surface area contributed by atoms with Crippen molar-refractivity contribution >= 4 is 63.5 Å². The number of para-hydroxylation sites is 1. The Labute approximate surface area is 251 Å². The molecule has 5 rings (SSSR count). The predicted octanol–water partition coefficient (Wildman–Crippen LogP) is 9.16. The van der Waals surface area contributed by atoms with E-state index in [2.05, 4.69) is 10.1 Å². The number of hydrogen-bond acceptors (Lipinski definition) is 4. The lowest BCUT2D eigenvalue weighted by Gasteiger charge is -2.13. The number of rotatable bonds is 6. The number of aromatic nitrogens is 2. The molecule has 5 aromatic rings. The normalized spacial score (nSPS) is 11.9. The number of ether oxygens (including phenoxy) is 1. The molecule has 0 aliphatic carbocycles. The van der Waals surface area contributed by atoms with Gasteiger partial charge in [0, 0.05) is 21.2 Å². The Kier molecular flexibility index (Phi) is 8.29. The first-order valence-electron chi connectivity index (χ1n) is 11.8. The molecule has 1 aromatic heterocycles. The third-order valence-corrected chi connectivity index (χ3v) is 7.08. The SMILES string of the molecule is O=c1c2ccccc2nc(-c2cccc(C(F)(F)F)c2)n1N=Cc1cc(Cl)c(OCc2ccc(Cl)cc2Cl)c(Cl)c1. The fourth-order valence-corrected chi connectivity index (χ4v) is 5.03. The van der Waals surface area contributed by atoms with Crippen molar-refractivity contribution in [2.75, 3.05) is 0 Å². The first-order valence-corrected chi connectivity index (χ1v) is 13.3. The van der Waals surface area contributed by atoms with Gasteiger partial charge in [-0.15, -0.1) is 0 Å². The van der Waals surface area contributed by atoms with Crippen molar-refractivity contribution in [1.29, 1.82) is 0 Å². The summed E-state index contributed by atoms with van der Waals surface area (Å²) in [5.74, 6) is 0.124. The smallest absolute Gasteiger partial charge is 0.416 e. The Bertz CT molecular complexity index is 1850. The minimum Gasteiger partial charge on any atom is -0.486 e. The third-order valence-electron chi connectivity index (χ3n) is 5.93. The van der Waals surface area contributed by atoms with E-state index in [9.17, 15) is 18.0 Å². The molecule has 0 saturated carbocycles. The van der Waals surface area contributed by atoms with E-state index >= 15 is 0 Å². The van der Waals surface area contributed by atoms with E-state index in [1.165, 1.54) is 30.5 Å². The molecule has 1 heterocycles. The molecule has 12 heteroatoms. The second kappa shape index (κ2) is 11.7. The van der Waals surface area contributed by atoms with E-state index in [0.29, 0.717) is 26.7 Å². The van der Waals surface area contributed by atoms with Gasteiger partial charge in [0.15, 0.2) is 11.6 Å². The van der Waals surface area contributed by atoms with Gasteiger partial charge in [0.25, 0.3) is 5.56 Å². The summed E-state index contributed by atoms with van der Waals surface area (Å²) in [4.78, 5) is 17.8. The summed E-state index contributed by atoms with van der Waals surface area (Å²) in [5.41, 5.74) is -0.0328. The molecule has 0 saturated heterocycles. The highest BCUT2D eigenvalue weighted by Gasteiger charge is 2.31. The Balaban J connectivity index is 1.52. The molecule has 4 aromatic carbocycles. The lowest BCUT2D eigenvalue weighted by atomic mass is 10.1. The number of halogens is 7. The van der Waals surface area contributed by atoms with Crippen LogP contribution in [0.5, 0.6) is 5.75 Å². The third kappa shape index (κ3) is 6.36. The quantitative estimate of drug-likeness (QED) is 0.175. The Morgan fingerprint density at radius 3 is 2.32 bits per heavy atom. The molecular formula is C29H16Cl4F3N3O2. The maximum atomic E-state index is 13.4. The first kappa shape index (κ1) is 29.0. The largest absolute Gasteiger partial charge is 0.486 e. The Hall–Kier alpha value is -3.56. The topological polar surface area (TPSA) is 56.5 Å². The Morgan fingerprint density at radius 2 is 1.61 bits per heavy atom. The molecule has 5 nitrogen and oxygen atoms in total. The van der Waals surface area contributed by atoms with Gasteiger partial charge >= 0.3 is 6.18 Å². The average molecular weight is 637 g/mol. The zero-order chi connectivity index (χ0) is 29.3. The highest BCUT2D eigenvalue weighted by Crippen LogP contribution is 2.35. The van der Waals surface area contributed by atoms with E-state index in [4.69, 9.17) is 51.1 Å². The number of hydrogen-bond donors (Lipinski definition) is 0. The minimum absolute atomic E-state index is 0.0560. The minimum atomic E-state index is -4.59. The van der Waals surface area contributed by atoms with Gasteiger partial charge in [-0.25, -0.2) is 4.98 Å². The van der Waals surface area contributed by atoms with Crippen LogP contribution in [0, 0.1) is 0 Å². The van der Waals surface area contributed by atoms with Crippen molar-refractivity contribution in [2.45, 2.75) is 12.8 Å². The average Bonchev–Trinajstić information content (AvgIpc) is 2.92. The van der Waals surface area contributed by atoms with Crippen LogP contribution in [0.4, 0.5) is 13.2 Å². The van der Waals surface area contributed by atoms with Crippen molar-refractivity contribution in [3.8, 4) is 17.1 Å². The summed E-state index contributed by atoms with van der Waals surface area (Å²) in [6.07, 6.45) is -3.29. The zero-order valence-electron chi connectivity index (χ0n) is 20.6. The molecule has 0 radical (unpaired) electrons.